The van der Waals surface area contributed by atoms with Crippen molar-refractivity contribution in [1.29, 1.82) is 0 Å². The molecule has 1 amide bonds. The molecule has 1 atom stereocenters. The van der Waals surface area contributed by atoms with E-state index in [2.05, 4.69) is 15.6 Å². The van der Waals surface area contributed by atoms with Crippen molar-refractivity contribution >= 4 is 11.9 Å². The minimum absolute atomic E-state index is 0.0729. The number of methoxy groups -OCH3 is 1. The van der Waals surface area contributed by atoms with Gasteiger partial charge >= 0.3 is 0 Å². The van der Waals surface area contributed by atoms with Crippen LogP contribution in [0.2, 0.25) is 0 Å². The number of carbonyl (C=O) groups excluding carboxylic acids is 1. The smallest absolute Gasteiger partial charge is 0.254 e. The summed E-state index contributed by atoms with van der Waals surface area (Å²) in [5, 5.41) is 5.91. The monoisotopic (exact) mass is 227 g/mol. The van der Waals surface area contributed by atoms with E-state index in [-0.39, 0.29) is 11.4 Å². The van der Waals surface area contributed by atoms with Crippen LogP contribution in [0.25, 0.3) is 0 Å². The molecule has 0 radical (unpaired) electrons. The number of rotatable bonds is 3. The third kappa shape index (κ3) is 3.20. The lowest BCUT2D eigenvalue weighted by molar-refractivity contribution is -0.123. The number of nitrogens with zero attached hydrogens (tertiary/aromatic N) is 1. The normalized spacial score (nSPS) is 25.3. The number of aliphatic imine (C=N–C) groups is 1. The van der Waals surface area contributed by atoms with Crippen molar-refractivity contribution in [3.05, 3.63) is 0 Å². The van der Waals surface area contributed by atoms with Gasteiger partial charge in [0, 0.05) is 25.7 Å². The highest BCUT2D eigenvalue weighted by Crippen LogP contribution is 2.20. The molecule has 0 aromatic carbocycles. The molecule has 1 rings (SSSR count). The Balaban J connectivity index is 2.70. The van der Waals surface area contributed by atoms with Gasteiger partial charge in [0.2, 0.25) is 0 Å². The third-order valence-electron chi connectivity index (χ3n) is 2.37. The van der Waals surface area contributed by atoms with Crippen molar-refractivity contribution in [3.8, 4) is 0 Å². The molecule has 92 valence electrons. The Morgan fingerprint density at radius 1 is 1.50 bits per heavy atom. The SMILES string of the molecule is COCCC1(C)N=C(NC(C)(C)C)NC1=O. The van der Waals surface area contributed by atoms with Crippen LogP contribution in [-0.2, 0) is 9.53 Å². The molecule has 2 N–H and O–H groups in total. The Kier molecular flexibility index (Phi) is 3.57. The summed E-state index contributed by atoms with van der Waals surface area (Å²) < 4.78 is 4.98. The van der Waals surface area contributed by atoms with Gasteiger partial charge in [-0.1, -0.05) is 0 Å². The van der Waals surface area contributed by atoms with Gasteiger partial charge in [0.25, 0.3) is 5.91 Å². The fraction of sp³-hybridized carbons (Fsp3) is 0.818. The first-order chi connectivity index (χ1) is 7.27. The molecule has 0 spiro atoms. The van der Waals surface area contributed by atoms with Crippen molar-refractivity contribution in [1.82, 2.24) is 10.6 Å². The zero-order valence-corrected chi connectivity index (χ0v) is 10.7. The number of ether oxygens (including phenoxy) is 1. The van der Waals surface area contributed by atoms with E-state index >= 15 is 0 Å². The maximum atomic E-state index is 11.8. The molecule has 5 heteroatoms. The van der Waals surface area contributed by atoms with Crippen molar-refractivity contribution in [2.75, 3.05) is 13.7 Å². The topological polar surface area (TPSA) is 62.7 Å². The van der Waals surface area contributed by atoms with E-state index in [1.54, 1.807) is 7.11 Å². The van der Waals surface area contributed by atoms with E-state index in [1.165, 1.54) is 0 Å². The largest absolute Gasteiger partial charge is 0.385 e. The lowest BCUT2D eigenvalue weighted by Gasteiger charge is -2.21. The first kappa shape index (κ1) is 13.0. The summed E-state index contributed by atoms with van der Waals surface area (Å²) in [4.78, 5) is 16.2. The second kappa shape index (κ2) is 4.41. The molecule has 16 heavy (non-hydrogen) atoms. The highest BCUT2D eigenvalue weighted by molar-refractivity contribution is 6.07. The van der Waals surface area contributed by atoms with Gasteiger partial charge in [-0.3, -0.25) is 10.1 Å². The Morgan fingerprint density at radius 3 is 2.62 bits per heavy atom. The zero-order valence-electron chi connectivity index (χ0n) is 10.7. The minimum Gasteiger partial charge on any atom is -0.385 e. The van der Waals surface area contributed by atoms with Gasteiger partial charge < -0.3 is 10.1 Å². The summed E-state index contributed by atoms with van der Waals surface area (Å²) in [6.45, 7) is 8.40. The van der Waals surface area contributed by atoms with Gasteiger partial charge in [-0.25, -0.2) is 4.99 Å². The average molecular weight is 227 g/mol. The lowest BCUT2D eigenvalue weighted by atomic mass is 9.99. The maximum Gasteiger partial charge on any atom is 0.254 e. The first-order valence-electron chi connectivity index (χ1n) is 5.45. The van der Waals surface area contributed by atoms with Gasteiger partial charge in [-0.2, -0.15) is 0 Å². The molecule has 5 nitrogen and oxygen atoms in total. The number of hydrogen-bond donors (Lipinski definition) is 2. The average Bonchev–Trinajstić information content (AvgIpc) is 2.36. The first-order valence-corrected chi connectivity index (χ1v) is 5.45. The van der Waals surface area contributed by atoms with Crippen LogP contribution in [0.5, 0.6) is 0 Å². The van der Waals surface area contributed by atoms with E-state index in [9.17, 15) is 4.79 Å². The molecule has 1 aliphatic heterocycles. The Morgan fingerprint density at radius 2 is 2.12 bits per heavy atom. The van der Waals surface area contributed by atoms with Crippen LogP contribution in [0.1, 0.15) is 34.1 Å². The van der Waals surface area contributed by atoms with E-state index in [0.717, 1.165) is 0 Å². The lowest BCUT2D eigenvalue weighted by Crippen LogP contribution is -2.47. The summed E-state index contributed by atoms with van der Waals surface area (Å²) in [7, 11) is 1.62. The minimum atomic E-state index is -0.705. The highest BCUT2D eigenvalue weighted by Gasteiger charge is 2.39. The Bertz CT molecular complexity index is 307. The Labute approximate surface area is 96.7 Å². The van der Waals surface area contributed by atoms with Crippen LogP contribution in [0.15, 0.2) is 4.99 Å². The number of carbonyl (C=O) groups is 1. The van der Waals surface area contributed by atoms with E-state index < -0.39 is 5.54 Å². The highest BCUT2D eigenvalue weighted by atomic mass is 16.5. The van der Waals surface area contributed by atoms with E-state index in [1.807, 2.05) is 27.7 Å². The molecule has 0 aromatic heterocycles. The van der Waals surface area contributed by atoms with Gasteiger partial charge in [0.15, 0.2) is 5.96 Å². The molecule has 0 aromatic rings. The van der Waals surface area contributed by atoms with Gasteiger partial charge in [0.05, 0.1) is 0 Å². The number of hydrogen-bond acceptors (Lipinski definition) is 4. The fourth-order valence-corrected chi connectivity index (χ4v) is 1.45. The van der Waals surface area contributed by atoms with Crippen molar-refractivity contribution < 1.29 is 9.53 Å². The van der Waals surface area contributed by atoms with Gasteiger partial charge in [-0.05, 0) is 27.7 Å². The van der Waals surface area contributed by atoms with Crippen LogP contribution in [-0.4, -0.2) is 36.7 Å². The summed E-state index contributed by atoms with van der Waals surface area (Å²) in [5.41, 5.74) is -0.817. The van der Waals surface area contributed by atoms with Crippen LogP contribution in [0.4, 0.5) is 0 Å². The summed E-state index contributed by atoms with van der Waals surface area (Å²) in [6.07, 6.45) is 0.588. The summed E-state index contributed by atoms with van der Waals surface area (Å²) in [6, 6.07) is 0. The Hall–Kier alpha value is -1.10. The van der Waals surface area contributed by atoms with Crippen molar-refractivity contribution in [2.45, 2.75) is 45.2 Å². The van der Waals surface area contributed by atoms with E-state index in [4.69, 9.17) is 4.74 Å². The van der Waals surface area contributed by atoms with Crippen molar-refractivity contribution in [2.24, 2.45) is 4.99 Å². The molecular formula is C11H21N3O2. The van der Waals surface area contributed by atoms with Crippen LogP contribution in [0, 0.1) is 0 Å². The number of guanidine groups is 1. The van der Waals surface area contributed by atoms with Crippen LogP contribution >= 0.6 is 0 Å². The summed E-state index contributed by atoms with van der Waals surface area (Å²) >= 11 is 0. The molecular weight excluding hydrogens is 206 g/mol. The quantitative estimate of drug-likeness (QED) is 0.744. The van der Waals surface area contributed by atoms with Crippen LogP contribution in [0.3, 0.4) is 0 Å². The predicted molar refractivity (Wildman–Crippen MR) is 63.4 cm³/mol. The predicted octanol–water partition coefficient (Wildman–Crippen LogP) is 0.655. The molecule has 0 fully saturated rings. The second-order valence-electron chi connectivity index (χ2n) is 5.31. The standard InChI is InChI=1S/C11H21N3O2/c1-10(2,3)13-9-12-8(15)11(4,14-9)6-7-16-5/h6-7H2,1-5H3,(H2,12,13,14,15). The number of nitrogens with one attached hydrogen (secondary N) is 2. The maximum absolute atomic E-state index is 11.8. The van der Waals surface area contributed by atoms with E-state index in [0.29, 0.717) is 19.0 Å². The third-order valence-corrected chi connectivity index (χ3v) is 2.37. The molecule has 1 heterocycles. The zero-order chi connectivity index (χ0) is 12.4. The fourth-order valence-electron chi connectivity index (χ4n) is 1.45. The molecule has 1 unspecified atom stereocenters. The molecule has 0 bridgehead atoms. The van der Waals surface area contributed by atoms with Gasteiger partial charge in [-0.15, -0.1) is 0 Å². The second-order valence-corrected chi connectivity index (χ2v) is 5.31. The summed E-state index contributed by atoms with van der Waals surface area (Å²) in [5.74, 6) is 0.479. The molecule has 0 saturated carbocycles. The van der Waals surface area contributed by atoms with Gasteiger partial charge in [0.1, 0.15) is 5.54 Å². The molecule has 1 aliphatic rings. The molecule has 0 aliphatic carbocycles. The van der Waals surface area contributed by atoms with Crippen LogP contribution < -0.4 is 10.6 Å². The molecule has 0 saturated heterocycles. The van der Waals surface area contributed by atoms with Crippen molar-refractivity contribution in [3.63, 3.8) is 0 Å². The number of amides is 1.